The third kappa shape index (κ3) is 4.58. The molecular weight excluding hydrogens is 230 g/mol. The normalized spacial score (nSPS) is 12.1. The summed E-state index contributed by atoms with van der Waals surface area (Å²) in [5, 5.41) is 3.30. The van der Waals surface area contributed by atoms with Gasteiger partial charge >= 0.3 is 0 Å². The van der Waals surface area contributed by atoms with Gasteiger partial charge in [0, 0.05) is 23.1 Å². The Hall–Kier alpha value is -0.700. The first-order chi connectivity index (χ1) is 7.80. The van der Waals surface area contributed by atoms with E-state index in [1.165, 1.54) is 0 Å². The highest BCUT2D eigenvalue weighted by Gasteiger charge is 2.17. The minimum atomic E-state index is 0.127. The van der Waals surface area contributed by atoms with E-state index in [-0.39, 0.29) is 11.3 Å². The van der Waals surface area contributed by atoms with Gasteiger partial charge in [-0.2, -0.15) is 0 Å². The van der Waals surface area contributed by atoms with Crippen molar-refractivity contribution in [3.05, 3.63) is 16.1 Å². The van der Waals surface area contributed by atoms with Crippen LogP contribution in [0.25, 0.3) is 0 Å². The first-order valence-corrected chi connectivity index (χ1v) is 7.16. The number of Topliss-reactive ketones (excluding diaryl/α,β-unsaturated/α-hetero) is 1. The van der Waals surface area contributed by atoms with E-state index in [1.807, 2.05) is 13.8 Å². The van der Waals surface area contributed by atoms with Crippen molar-refractivity contribution in [1.82, 2.24) is 4.98 Å². The molecule has 0 aliphatic rings. The molecule has 96 valence electrons. The van der Waals surface area contributed by atoms with Crippen LogP contribution in [0.4, 0.5) is 0 Å². The Morgan fingerprint density at radius 2 is 2.06 bits per heavy atom. The number of carbonyl (C=O) groups excluding carboxylic acids is 1. The highest BCUT2D eigenvalue weighted by molar-refractivity contribution is 7.09. The van der Waals surface area contributed by atoms with E-state index >= 15 is 0 Å². The molecule has 0 atom stereocenters. The lowest BCUT2D eigenvalue weighted by atomic mass is 9.93. The molecular formula is C14H23NOS. The first kappa shape index (κ1) is 14.4. The van der Waals surface area contributed by atoms with Crippen molar-refractivity contribution in [1.29, 1.82) is 0 Å². The van der Waals surface area contributed by atoms with Crippen molar-refractivity contribution in [3.63, 3.8) is 0 Å². The molecule has 0 saturated carbocycles. The molecule has 0 saturated heterocycles. The van der Waals surface area contributed by atoms with Gasteiger partial charge in [-0.3, -0.25) is 4.79 Å². The van der Waals surface area contributed by atoms with Crippen molar-refractivity contribution in [3.8, 4) is 0 Å². The summed E-state index contributed by atoms with van der Waals surface area (Å²) in [6, 6.07) is 0. The Labute approximate surface area is 108 Å². The average molecular weight is 253 g/mol. The van der Waals surface area contributed by atoms with E-state index in [4.69, 9.17) is 0 Å². The quantitative estimate of drug-likeness (QED) is 0.794. The minimum Gasteiger partial charge on any atom is -0.299 e. The van der Waals surface area contributed by atoms with Crippen LogP contribution < -0.4 is 0 Å². The van der Waals surface area contributed by atoms with E-state index in [1.54, 1.807) is 11.3 Å². The van der Waals surface area contributed by atoms with Crippen molar-refractivity contribution >= 4 is 17.1 Å². The smallest absolute Gasteiger partial charge is 0.135 e. The topological polar surface area (TPSA) is 30.0 Å². The van der Waals surface area contributed by atoms with E-state index < -0.39 is 0 Å². The summed E-state index contributed by atoms with van der Waals surface area (Å²) in [5.41, 5.74) is 1.29. The molecule has 0 aromatic carbocycles. The summed E-state index contributed by atoms with van der Waals surface area (Å²) >= 11 is 1.71. The summed E-state index contributed by atoms with van der Waals surface area (Å²) in [4.78, 5) is 16.1. The van der Waals surface area contributed by atoms with Gasteiger partial charge in [0.2, 0.25) is 0 Å². The highest BCUT2D eigenvalue weighted by Crippen LogP contribution is 2.24. The van der Waals surface area contributed by atoms with Gasteiger partial charge in [0.25, 0.3) is 0 Å². The molecule has 3 heteroatoms. The number of ketones is 1. The maximum atomic E-state index is 11.5. The molecule has 0 fully saturated rings. The number of rotatable bonds is 5. The molecule has 0 bridgehead atoms. The summed E-state index contributed by atoms with van der Waals surface area (Å²) in [7, 11) is 0. The second-order valence-electron chi connectivity index (χ2n) is 5.85. The van der Waals surface area contributed by atoms with Crippen LogP contribution in [-0.2, 0) is 16.6 Å². The number of hydrogen-bond donors (Lipinski definition) is 0. The molecule has 0 unspecified atom stereocenters. The Morgan fingerprint density at radius 1 is 1.41 bits per heavy atom. The van der Waals surface area contributed by atoms with Crippen LogP contribution in [0.3, 0.4) is 0 Å². The SMILES string of the molecule is CC(C)C(=O)CCCc1nc(C(C)(C)C)cs1. The number of hydrogen-bond acceptors (Lipinski definition) is 3. The predicted molar refractivity (Wildman–Crippen MR) is 73.6 cm³/mol. The molecule has 0 N–H and O–H groups in total. The van der Waals surface area contributed by atoms with Crippen molar-refractivity contribution in [2.24, 2.45) is 5.92 Å². The zero-order chi connectivity index (χ0) is 13.1. The van der Waals surface area contributed by atoms with Crippen LogP contribution in [0.1, 0.15) is 58.2 Å². The highest BCUT2D eigenvalue weighted by atomic mass is 32.1. The minimum absolute atomic E-state index is 0.127. The number of carbonyl (C=O) groups is 1. The lowest BCUT2D eigenvalue weighted by Crippen LogP contribution is -2.11. The molecule has 0 amide bonds. The largest absolute Gasteiger partial charge is 0.299 e. The molecule has 0 radical (unpaired) electrons. The fourth-order valence-electron chi connectivity index (χ4n) is 1.47. The van der Waals surface area contributed by atoms with E-state index in [0.717, 1.165) is 23.5 Å². The monoisotopic (exact) mass is 253 g/mol. The Kier molecular flexibility index (Phi) is 4.87. The first-order valence-electron chi connectivity index (χ1n) is 6.28. The number of aryl methyl sites for hydroxylation is 1. The fourth-order valence-corrected chi connectivity index (χ4v) is 2.54. The molecule has 1 aromatic rings. The number of aromatic nitrogens is 1. The molecule has 17 heavy (non-hydrogen) atoms. The third-order valence-corrected chi connectivity index (χ3v) is 3.69. The van der Waals surface area contributed by atoms with Crippen molar-refractivity contribution in [2.45, 2.75) is 59.3 Å². The molecule has 1 aromatic heterocycles. The lowest BCUT2D eigenvalue weighted by Gasteiger charge is -2.14. The van der Waals surface area contributed by atoms with Gasteiger partial charge in [-0.05, 0) is 12.8 Å². The molecule has 2 nitrogen and oxygen atoms in total. The average Bonchev–Trinajstić information content (AvgIpc) is 2.65. The Morgan fingerprint density at radius 3 is 2.53 bits per heavy atom. The van der Waals surface area contributed by atoms with Crippen LogP contribution in [0.5, 0.6) is 0 Å². The van der Waals surface area contributed by atoms with Crippen LogP contribution in [-0.4, -0.2) is 10.8 Å². The lowest BCUT2D eigenvalue weighted by molar-refractivity contribution is -0.121. The van der Waals surface area contributed by atoms with Crippen LogP contribution in [0, 0.1) is 5.92 Å². The maximum absolute atomic E-state index is 11.5. The maximum Gasteiger partial charge on any atom is 0.135 e. The number of nitrogens with zero attached hydrogens (tertiary/aromatic N) is 1. The van der Waals surface area contributed by atoms with Gasteiger partial charge in [-0.15, -0.1) is 11.3 Å². The van der Waals surface area contributed by atoms with Crippen molar-refractivity contribution < 1.29 is 4.79 Å². The molecule has 1 heterocycles. The van der Waals surface area contributed by atoms with Crippen LogP contribution in [0.15, 0.2) is 5.38 Å². The molecule has 0 aliphatic carbocycles. The Bertz CT molecular complexity index is 374. The second kappa shape index (κ2) is 5.76. The zero-order valence-electron chi connectivity index (χ0n) is 11.5. The van der Waals surface area contributed by atoms with Crippen molar-refractivity contribution in [2.75, 3.05) is 0 Å². The van der Waals surface area contributed by atoms with Gasteiger partial charge in [-0.1, -0.05) is 34.6 Å². The van der Waals surface area contributed by atoms with Gasteiger partial charge in [0.05, 0.1) is 10.7 Å². The fraction of sp³-hybridized carbons (Fsp3) is 0.714. The van der Waals surface area contributed by atoms with Gasteiger partial charge in [0.15, 0.2) is 0 Å². The number of thiazole rings is 1. The standard InChI is InChI=1S/C14H23NOS/c1-10(2)11(16)7-6-8-13-15-12(9-17-13)14(3,4)5/h9-10H,6-8H2,1-5H3. The van der Waals surface area contributed by atoms with Crippen LogP contribution in [0.2, 0.25) is 0 Å². The predicted octanol–water partition coefficient (Wildman–Crippen LogP) is 3.99. The van der Waals surface area contributed by atoms with Gasteiger partial charge < -0.3 is 0 Å². The Balaban J connectivity index is 2.43. The summed E-state index contributed by atoms with van der Waals surface area (Å²) in [6.07, 6.45) is 2.54. The van der Waals surface area contributed by atoms with Gasteiger partial charge in [0.1, 0.15) is 5.78 Å². The van der Waals surface area contributed by atoms with E-state index in [9.17, 15) is 4.79 Å². The van der Waals surface area contributed by atoms with Crippen LogP contribution >= 0.6 is 11.3 Å². The third-order valence-electron chi connectivity index (χ3n) is 2.78. The van der Waals surface area contributed by atoms with E-state index in [2.05, 4.69) is 31.1 Å². The van der Waals surface area contributed by atoms with E-state index in [0.29, 0.717) is 12.2 Å². The van der Waals surface area contributed by atoms with Gasteiger partial charge in [-0.25, -0.2) is 4.98 Å². The molecule has 0 aliphatic heterocycles. The summed E-state index contributed by atoms with van der Waals surface area (Å²) in [5.74, 6) is 0.522. The summed E-state index contributed by atoms with van der Waals surface area (Å²) < 4.78 is 0. The molecule has 1 rings (SSSR count). The zero-order valence-corrected chi connectivity index (χ0v) is 12.4. The summed E-state index contributed by atoms with van der Waals surface area (Å²) in [6.45, 7) is 10.4. The molecule has 0 spiro atoms. The second-order valence-corrected chi connectivity index (χ2v) is 6.79.